The van der Waals surface area contributed by atoms with Gasteiger partial charge in [0.15, 0.2) is 0 Å². The normalized spacial score (nSPS) is 28.1. The van der Waals surface area contributed by atoms with Gasteiger partial charge in [0.1, 0.15) is 0 Å². The first kappa shape index (κ1) is 11.2. The first-order valence-corrected chi connectivity index (χ1v) is 6.53. The number of nitrogens with zero attached hydrogens (tertiary/aromatic N) is 1. The minimum atomic E-state index is 0.778. The summed E-state index contributed by atoms with van der Waals surface area (Å²) in [5.74, 6) is 0. The molecule has 0 spiro atoms. The molecule has 1 N–H and O–H groups in total. The van der Waals surface area contributed by atoms with E-state index in [0.29, 0.717) is 0 Å². The molecule has 0 saturated carbocycles. The number of hydrogen-bond acceptors (Lipinski definition) is 2. The van der Waals surface area contributed by atoms with Crippen LogP contribution in [0.15, 0.2) is 11.6 Å². The molecule has 0 bridgehead atoms. The van der Waals surface area contributed by atoms with Gasteiger partial charge in [0.25, 0.3) is 0 Å². The van der Waals surface area contributed by atoms with Gasteiger partial charge in [0.2, 0.25) is 0 Å². The van der Waals surface area contributed by atoms with Crippen LogP contribution in [0.1, 0.15) is 39.0 Å². The van der Waals surface area contributed by atoms with Gasteiger partial charge in [-0.1, -0.05) is 18.6 Å². The van der Waals surface area contributed by atoms with Crippen LogP contribution >= 0.6 is 0 Å². The fourth-order valence-electron chi connectivity index (χ4n) is 2.75. The predicted molar refractivity (Wildman–Crippen MR) is 65.1 cm³/mol. The summed E-state index contributed by atoms with van der Waals surface area (Å²) in [7, 11) is 0. The number of nitrogens with one attached hydrogen (secondary N) is 1. The summed E-state index contributed by atoms with van der Waals surface area (Å²) < 4.78 is 0. The van der Waals surface area contributed by atoms with Crippen LogP contribution in [0.2, 0.25) is 0 Å². The minimum Gasteiger partial charge on any atom is -0.314 e. The van der Waals surface area contributed by atoms with Crippen LogP contribution < -0.4 is 5.32 Å². The van der Waals surface area contributed by atoms with E-state index in [2.05, 4.69) is 23.2 Å². The monoisotopic (exact) mass is 208 g/mol. The summed E-state index contributed by atoms with van der Waals surface area (Å²) >= 11 is 0. The fourth-order valence-corrected chi connectivity index (χ4v) is 2.75. The molecule has 0 aromatic heterocycles. The lowest BCUT2D eigenvalue weighted by Crippen LogP contribution is -2.51. The zero-order chi connectivity index (χ0) is 10.5. The van der Waals surface area contributed by atoms with Crippen LogP contribution in [0.3, 0.4) is 0 Å². The third kappa shape index (κ3) is 3.05. The molecule has 1 fully saturated rings. The van der Waals surface area contributed by atoms with Crippen molar-refractivity contribution in [3.8, 4) is 0 Å². The molecule has 1 heterocycles. The van der Waals surface area contributed by atoms with Crippen molar-refractivity contribution in [3.63, 3.8) is 0 Å². The third-order valence-electron chi connectivity index (χ3n) is 3.80. The van der Waals surface area contributed by atoms with Crippen molar-refractivity contribution in [2.75, 3.05) is 26.2 Å². The fraction of sp³-hybridized carbons (Fsp3) is 0.846. The molecule has 1 atom stereocenters. The second kappa shape index (κ2) is 5.66. The molecule has 0 amide bonds. The van der Waals surface area contributed by atoms with Crippen LogP contribution in [0.4, 0.5) is 0 Å². The van der Waals surface area contributed by atoms with E-state index in [9.17, 15) is 0 Å². The van der Waals surface area contributed by atoms with E-state index < -0.39 is 0 Å². The standard InChI is InChI=1S/C13H24N2/c1-2-13-11-14-8-10-15(13)9-7-12-5-3-4-6-12/h5,13-14H,2-4,6-11H2,1H3. The van der Waals surface area contributed by atoms with Gasteiger partial charge in [-0.2, -0.15) is 0 Å². The molecule has 0 aromatic carbocycles. The van der Waals surface area contributed by atoms with Crippen molar-refractivity contribution in [1.29, 1.82) is 0 Å². The van der Waals surface area contributed by atoms with E-state index in [0.717, 1.165) is 6.04 Å². The molecule has 2 aliphatic rings. The Hall–Kier alpha value is -0.340. The maximum absolute atomic E-state index is 3.49. The molecule has 0 aromatic rings. The van der Waals surface area contributed by atoms with Crippen molar-refractivity contribution in [3.05, 3.63) is 11.6 Å². The lowest BCUT2D eigenvalue weighted by molar-refractivity contribution is 0.159. The molecule has 0 radical (unpaired) electrons. The molecular weight excluding hydrogens is 184 g/mol. The van der Waals surface area contributed by atoms with Crippen molar-refractivity contribution in [2.45, 2.75) is 45.1 Å². The summed E-state index contributed by atoms with van der Waals surface area (Å²) in [5, 5.41) is 3.49. The summed E-state index contributed by atoms with van der Waals surface area (Å²) in [4.78, 5) is 2.68. The highest BCUT2D eigenvalue weighted by atomic mass is 15.2. The largest absolute Gasteiger partial charge is 0.314 e. The summed E-state index contributed by atoms with van der Waals surface area (Å²) in [6.45, 7) is 7.20. The van der Waals surface area contributed by atoms with Crippen molar-refractivity contribution in [1.82, 2.24) is 10.2 Å². The van der Waals surface area contributed by atoms with Gasteiger partial charge in [-0.25, -0.2) is 0 Å². The lowest BCUT2D eigenvalue weighted by Gasteiger charge is -2.35. The maximum atomic E-state index is 3.49. The topological polar surface area (TPSA) is 15.3 Å². The molecule has 1 aliphatic heterocycles. The SMILES string of the molecule is CCC1CNCCN1CCC1=CCCC1. The van der Waals surface area contributed by atoms with Gasteiger partial charge in [0.05, 0.1) is 0 Å². The van der Waals surface area contributed by atoms with Gasteiger partial charge in [-0.3, -0.25) is 4.90 Å². The molecule has 2 rings (SSSR count). The lowest BCUT2D eigenvalue weighted by atomic mass is 10.1. The van der Waals surface area contributed by atoms with E-state index in [4.69, 9.17) is 0 Å². The second-order valence-corrected chi connectivity index (χ2v) is 4.81. The predicted octanol–water partition coefficient (Wildman–Crippen LogP) is 2.17. The highest BCUT2D eigenvalue weighted by Gasteiger charge is 2.20. The van der Waals surface area contributed by atoms with Gasteiger partial charge >= 0.3 is 0 Å². The summed E-state index contributed by atoms with van der Waals surface area (Å²) in [5.41, 5.74) is 1.71. The van der Waals surface area contributed by atoms with Crippen LogP contribution in [0, 0.1) is 0 Å². The van der Waals surface area contributed by atoms with Crippen molar-refractivity contribution in [2.24, 2.45) is 0 Å². The van der Waals surface area contributed by atoms with Crippen molar-refractivity contribution < 1.29 is 0 Å². The number of piperazine rings is 1. The maximum Gasteiger partial charge on any atom is 0.0218 e. The van der Waals surface area contributed by atoms with Gasteiger partial charge in [-0.05, 0) is 32.1 Å². The zero-order valence-corrected chi connectivity index (χ0v) is 9.97. The first-order chi connectivity index (χ1) is 7.40. The Kier molecular flexibility index (Phi) is 4.21. The van der Waals surface area contributed by atoms with Crippen LogP contribution in [-0.2, 0) is 0 Å². The quantitative estimate of drug-likeness (QED) is 0.712. The summed E-state index contributed by atoms with van der Waals surface area (Å²) in [6.07, 6.45) is 9.15. The van der Waals surface area contributed by atoms with Gasteiger partial charge in [0, 0.05) is 32.2 Å². The number of hydrogen-bond donors (Lipinski definition) is 1. The average molecular weight is 208 g/mol. The van der Waals surface area contributed by atoms with E-state index >= 15 is 0 Å². The first-order valence-electron chi connectivity index (χ1n) is 6.53. The Morgan fingerprint density at radius 2 is 2.47 bits per heavy atom. The third-order valence-corrected chi connectivity index (χ3v) is 3.80. The zero-order valence-electron chi connectivity index (χ0n) is 9.97. The number of allylic oxidation sites excluding steroid dienone is 1. The smallest absolute Gasteiger partial charge is 0.0218 e. The number of rotatable bonds is 4. The van der Waals surface area contributed by atoms with E-state index in [1.807, 2.05) is 0 Å². The Balaban J connectivity index is 1.76. The summed E-state index contributed by atoms with van der Waals surface area (Å²) in [6, 6.07) is 0.778. The molecule has 86 valence electrons. The molecule has 1 unspecified atom stereocenters. The van der Waals surface area contributed by atoms with Crippen molar-refractivity contribution >= 4 is 0 Å². The Morgan fingerprint density at radius 3 is 3.20 bits per heavy atom. The molecular formula is C13H24N2. The molecule has 2 heteroatoms. The van der Waals surface area contributed by atoms with Gasteiger partial charge in [-0.15, -0.1) is 0 Å². The van der Waals surface area contributed by atoms with Crippen LogP contribution in [0.25, 0.3) is 0 Å². The Bertz CT molecular complexity index is 223. The molecule has 1 saturated heterocycles. The highest BCUT2D eigenvalue weighted by molar-refractivity contribution is 5.07. The van der Waals surface area contributed by atoms with E-state index in [-0.39, 0.29) is 0 Å². The minimum absolute atomic E-state index is 0.778. The van der Waals surface area contributed by atoms with Crippen LogP contribution in [-0.4, -0.2) is 37.1 Å². The van der Waals surface area contributed by atoms with E-state index in [1.54, 1.807) is 5.57 Å². The molecule has 1 aliphatic carbocycles. The van der Waals surface area contributed by atoms with E-state index in [1.165, 1.54) is 58.3 Å². The second-order valence-electron chi connectivity index (χ2n) is 4.81. The van der Waals surface area contributed by atoms with Gasteiger partial charge < -0.3 is 5.32 Å². The Morgan fingerprint density at radius 1 is 1.53 bits per heavy atom. The van der Waals surface area contributed by atoms with Crippen LogP contribution in [0.5, 0.6) is 0 Å². The highest BCUT2D eigenvalue weighted by Crippen LogP contribution is 2.21. The average Bonchev–Trinajstić information content (AvgIpc) is 2.79. The Labute approximate surface area is 93.7 Å². The molecule has 2 nitrogen and oxygen atoms in total. The molecule has 15 heavy (non-hydrogen) atoms.